The molecule has 1 atom stereocenters. The van der Waals surface area contributed by atoms with E-state index in [4.69, 9.17) is 14.5 Å². The summed E-state index contributed by atoms with van der Waals surface area (Å²) in [7, 11) is 0. The summed E-state index contributed by atoms with van der Waals surface area (Å²) in [6.45, 7) is 6.30. The fourth-order valence-corrected chi connectivity index (χ4v) is 3.83. The molecule has 0 saturated carbocycles. The van der Waals surface area contributed by atoms with Crippen LogP contribution < -0.4 is 4.90 Å². The number of aryl methyl sites for hydroxylation is 1. The number of rotatable bonds is 4. The van der Waals surface area contributed by atoms with Crippen LogP contribution in [0, 0.1) is 12.8 Å². The van der Waals surface area contributed by atoms with Crippen LogP contribution in [0.4, 0.5) is 5.82 Å². The van der Waals surface area contributed by atoms with Crippen molar-refractivity contribution in [3.8, 4) is 11.5 Å². The molecule has 0 radical (unpaired) electrons. The van der Waals surface area contributed by atoms with Crippen LogP contribution in [-0.2, 0) is 6.42 Å². The maximum atomic E-state index is 9.61. The Kier molecular flexibility index (Phi) is 4.21. The van der Waals surface area contributed by atoms with E-state index in [-0.39, 0.29) is 6.61 Å². The van der Waals surface area contributed by atoms with E-state index in [0.717, 1.165) is 61.0 Å². The maximum Gasteiger partial charge on any atom is 0.158 e. The van der Waals surface area contributed by atoms with Crippen molar-refractivity contribution in [1.29, 1.82) is 0 Å². The Morgan fingerprint density at radius 2 is 2.28 bits per heavy atom. The SMILES string of the molecule is CCc1c(C)nc2cc(-c3ccco3)nn2c1N1CCC[C@@H](CO)C1. The van der Waals surface area contributed by atoms with Crippen LogP contribution in [-0.4, -0.2) is 39.4 Å². The highest BCUT2D eigenvalue weighted by Gasteiger charge is 2.25. The average Bonchev–Trinajstić information content (AvgIpc) is 3.29. The zero-order valence-corrected chi connectivity index (χ0v) is 14.8. The number of hydrogen-bond donors (Lipinski definition) is 1. The van der Waals surface area contributed by atoms with Gasteiger partial charge in [0.2, 0.25) is 0 Å². The minimum atomic E-state index is 0.238. The number of anilines is 1. The lowest BCUT2D eigenvalue weighted by molar-refractivity contribution is 0.208. The maximum absolute atomic E-state index is 9.61. The van der Waals surface area contributed by atoms with E-state index in [1.807, 2.05) is 22.7 Å². The van der Waals surface area contributed by atoms with Gasteiger partial charge in [-0.25, -0.2) is 4.98 Å². The van der Waals surface area contributed by atoms with Crippen LogP contribution in [0.25, 0.3) is 17.1 Å². The van der Waals surface area contributed by atoms with E-state index in [1.165, 1.54) is 5.56 Å². The third kappa shape index (κ3) is 2.80. The molecule has 3 aromatic rings. The molecule has 1 N–H and O–H groups in total. The number of aliphatic hydroxyl groups excluding tert-OH is 1. The predicted molar refractivity (Wildman–Crippen MR) is 96.8 cm³/mol. The molecular formula is C19H24N4O2. The molecule has 1 aliphatic heterocycles. The number of fused-ring (bicyclic) bond motifs is 1. The second-order valence-electron chi connectivity index (χ2n) is 6.77. The second-order valence-corrected chi connectivity index (χ2v) is 6.77. The minimum Gasteiger partial charge on any atom is -0.463 e. The van der Waals surface area contributed by atoms with Gasteiger partial charge in [0.1, 0.15) is 11.5 Å². The Morgan fingerprint density at radius 3 is 3.00 bits per heavy atom. The quantitative estimate of drug-likeness (QED) is 0.790. The van der Waals surface area contributed by atoms with Gasteiger partial charge in [-0.3, -0.25) is 0 Å². The number of piperidine rings is 1. The number of aromatic nitrogens is 3. The topological polar surface area (TPSA) is 66.8 Å². The molecule has 0 unspecified atom stereocenters. The van der Waals surface area contributed by atoms with E-state index in [9.17, 15) is 5.11 Å². The Morgan fingerprint density at radius 1 is 1.40 bits per heavy atom. The Bertz CT molecular complexity index is 869. The monoisotopic (exact) mass is 340 g/mol. The first-order valence-electron chi connectivity index (χ1n) is 9.00. The van der Waals surface area contributed by atoms with Crippen LogP contribution in [0.5, 0.6) is 0 Å². The summed E-state index contributed by atoms with van der Waals surface area (Å²) < 4.78 is 7.45. The first kappa shape index (κ1) is 16.1. The molecule has 3 aromatic heterocycles. The van der Waals surface area contributed by atoms with E-state index < -0.39 is 0 Å². The van der Waals surface area contributed by atoms with Crippen molar-refractivity contribution in [3.63, 3.8) is 0 Å². The molecule has 0 aromatic carbocycles. The Labute approximate surface area is 147 Å². The summed E-state index contributed by atoms with van der Waals surface area (Å²) in [6, 6.07) is 5.76. The van der Waals surface area contributed by atoms with Crippen LogP contribution in [0.2, 0.25) is 0 Å². The lowest BCUT2D eigenvalue weighted by Gasteiger charge is -2.35. The summed E-state index contributed by atoms with van der Waals surface area (Å²) in [6.07, 6.45) is 4.73. The van der Waals surface area contributed by atoms with Crippen molar-refractivity contribution in [2.75, 3.05) is 24.6 Å². The van der Waals surface area contributed by atoms with Gasteiger partial charge in [0.05, 0.1) is 6.26 Å². The fourth-order valence-electron chi connectivity index (χ4n) is 3.83. The third-order valence-electron chi connectivity index (χ3n) is 5.08. The lowest BCUT2D eigenvalue weighted by Crippen LogP contribution is -2.38. The smallest absolute Gasteiger partial charge is 0.158 e. The zero-order chi connectivity index (χ0) is 17.4. The molecule has 1 saturated heterocycles. The molecule has 4 heterocycles. The van der Waals surface area contributed by atoms with Gasteiger partial charge in [-0.2, -0.15) is 9.61 Å². The largest absolute Gasteiger partial charge is 0.463 e. The molecule has 1 aliphatic rings. The van der Waals surface area contributed by atoms with Gasteiger partial charge >= 0.3 is 0 Å². The zero-order valence-electron chi connectivity index (χ0n) is 14.8. The lowest BCUT2D eigenvalue weighted by atomic mass is 9.98. The first-order chi connectivity index (χ1) is 12.2. The first-order valence-corrected chi connectivity index (χ1v) is 9.00. The average molecular weight is 340 g/mol. The molecule has 0 bridgehead atoms. The van der Waals surface area contributed by atoms with Gasteiger partial charge in [-0.05, 0) is 44.2 Å². The molecule has 132 valence electrons. The fraction of sp³-hybridized carbons (Fsp3) is 0.474. The normalized spacial score (nSPS) is 18.2. The highest BCUT2D eigenvalue weighted by Crippen LogP contribution is 2.30. The Balaban J connectivity index is 1.87. The second kappa shape index (κ2) is 6.52. The van der Waals surface area contributed by atoms with Gasteiger partial charge in [-0.15, -0.1) is 0 Å². The molecule has 0 aliphatic carbocycles. The van der Waals surface area contributed by atoms with Crippen molar-refractivity contribution in [2.24, 2.45) is 5.92 Å². The van der Waals surface area contributed by atoms with Crippen molar-refractivity contribution >= 4 is 11.5 Å². The summed E-state index contributed by atoms with van der Waals surface area (Å²) in [5.74, 6) is 2.18. The number of furan rings is 1. The van der Waals surface area contributed by atoms with E-state index in [1.54, 1.807) is 6.26 Å². The van der Waals surface area contributed by atoms with Gasteiger partial charge in [0.25, 0.3) is 0 Å². The summed E-state index contributed by atoms with van der Waals surface area (Å²) in [5.41, 5.74) is 3.89. The predicted octanol–water partition coefficient (Wildman–Crippen LogP) is 3.07. The molecule has 6 nitrogen and oxygen atoms in total. The van der Waals surface area contributed by atoms with Crippen molar-refractivity contribution < 1.29 is 9.52 Å². The van der Waals surface area contributed by atoms with Crippen LogP contribution in [0.3, 0.4) is 0 Å². The van der Waals surface area contributed by atoms with Gasteiger partial charge in [0.15, 0.2) is 11.4 Å². The Hall–Kier alpha value is -2.34. The van der Waals surface area contributed by atoms with E-state index in [2.05, 4.69) is 18.7 Å². The van der Waals surface area contributed by atoms with Crippen LogP contribution >= 0.6 is 0 Å². The number of hydrogen-bond acceptors (Lipinski definition) is 5. The molecule has 1 fully saturated rings. The van der Waals surface area contributed by atoms with E-state index >= 15 is 0 Å². The van der Waals surface area contributed by atoms with E-state index in [0.29, 0.717) is 5.92 Å². The van der Waals surface area contributed by atoms with Crippen LogP contribution in [0.1, 0.15) is 31.0 Å². The number of nitrogens with zero attached hydrogens (tertiary/aromatic N) is 4. The number of aliphatic hydroxyl groups is 1. The third-order valence-corrected chi connectivity index (χ3v) is 5.08. The molecule has 0 spiro atoms. The minimum absolute atomic E-state index is 0.238. The molecule has 6 heteroatoms. The van der Waals surface area contributed by atoms with Gasteiger partial charge in [-0.1, -0.05) is 6.92 Å². The van der Waals surface area contributed by atoms with Crippen molar-refractivity contribution in [3.05, 3.63) is 35.7 Å². The van der Waals surface area contributed by atoms with Crippen LogP contribution in [0.15, 0.2) is 28.9 Å². The summed E-state index contributed by atoms with van der Waals surface area (Å²) in [5, 5.41) is 14.4. The molecule has 0 amide bonds. The van der Waals surface area contributed by atoms with Crippen molar-refractivity contribution in [2.45, 2.75) is 33.1 Å². The molecular weight excluding hydrogens is 316 g/mol. The van der Waals surface area contributed by atoms with Crippen molar-refractivity contribution in [1.82, 2.24) is 14.6 Å². The van der Waals surface area contributed by atoms with Gasteiger partial charge in [0, 0.05) is 37.0 Å². The molecule has 25 heavy (non-hydrogen) atoms. The summed E-state index contributed by atoms with van der Waals surface area (Å²) in [4.78, 5) is 7.12. The highest BCUT2D eigenvalue weighted by molar-refractivity contribution is 5.64. The van der Waals surface area contributed by atoms with Gasteiger partial charge < -0.3 is 14.4 Å². The molecule has 4 rings (SSSR count). The highest BCUT2D eigenvalue weighted by atomic mass is 16.3. The standard InChI is InChI=1S/C19H24N4O2/c1-3-15-13(2)20-18-10-16(17-7-5-9-25-17)21-23(18)19(15)22-8-4-6-14(11-22)12-24/h5,7,9-10,14,24H,3-4,6,8,11-12H2,1-2H3/t14-/m1/s1. The summed E-state index contributed by atoms with van der Waals surface area (Å²) >= 11 is 0.